The number of carbonyl (C=O) groups is 2. The monoisotopic (exact) mass is 416 g/mol. The number of amides is 2. The van der Waals surface area contributed by atoms with Gasteiger partial charge in [-0.05, 0) is 30.8 Å². The van der Waals surface area contributed by atoms with Gasteiger partial charge in [-0.25, -0.2) is 0 Å². The summed E-state index contributed by atoms with van der Waals surface area (Å²) in [5.41, 5.74) is 1.43. The van der Waals surface area contributed by atoms with E-state index in [1.165, 1.54) is 12.1 Å². The van der Waals surface area contributed by atoms with Crippen molar-refractivity contribution in [1.29, 1.82) is 0 Å². The van der Waals surface area contributed by atoms with Crippen LogP contribution in [0.5, 0.6) is 0 Å². The Morgan fingerprint density at radius 1 is 1.10 bits per heavy atom. The maximum atomic E-state index is 12.6. The Bertz CT molecular complexity index is 925. The van der Waals surface area contributed by atoms with Gasteiger partial charge in [-0.3, -0.25) is 19.7 Å². The van der Waals surface area contributed by atoms with Gasteiger partial charge in [0.2, 0.25) is 0 Å². The summed E-state index contributed by atoms with van der Waals surface area (Å²) in [5, 5.41) is 13.5. The highest BCUT2D eigenvalue weighted by molar-refractivity contribution is 6.34. The smallest absolute Gasteiger partial charge is 0.270 e. The maximum absolute atomic E-state index is 12.6. The van der Waals surface area contributed by atoms with Gasteiger partial charge in [-0.1, -0.05) is 23.7 Å². The first-order valence-electron chi connectivity index (χ1n) is 9.14. The lowest BCUT2D eigenvalue weighted by molar-refractivity contribution is -0.384. The Morgan fingerprint density at radius 2 is 1.76 bits per heavy atom. The van der Waals surface area contributed by atoms with E-state index in [2.05, 4.69) is 10.2 Å². The van der Waals surface area contributed by atoms with E-state index in [-0.39, 0.29) is 28.7 Å². The molecule has 2 aromatic rings. The van der Waals surface area contributed by atoms with E-state index in [1.54, 1.807) is 24.3 Å². The zero-order valence-electron chi connectivity index (χ0n) is 15.9. The van der Waals surface area contributed by atoms with Crippen LogP contribution in [0.1, 0.15) is 26.3 Å². The Labute approximate surface area is 173 Å². The first-order chi connectivity index (χ1) is 13.8. The average molecular weight is 417 g/mol. The average Bonchev–Trinajstić information content (AvgIpc) is 2.72. The Balaban J connectivity index is 1.58. The van der Waals surface area contributed by atoms with Crippen molar-refractivity contribution < 1.29 is 14.5 Å². The zero-order chi connectivity index (χ0) is 21.0. The summed E-state index contributed by atoms with van der Waals surface area (Å²) >= 11 is 5.98. The third-order valence-corrected chi connectivity index (χ3v) is 5.17. The number of nitrogens with one attached hydrogen (secondary N) is 1. The zero-order valence-corrected chi connectivity index (χ0v) is 16.7. The quantitative estimate of drug-likeness (QED) is 0.597. The fraction of sp³-hybridized carbons (Fsp3) is 0.300. The molecule has 1 N–H and O–H groups in total. The molecule has 29 heavy (non-hydrogen) atoms. The van der Waals surface area contributed by atoms with Gasteiger partial charge in [0.05, 0.1) is 15.5 Å². The number of hydrogen-bond acceptors (Lipinski definition) is 5. The van der Waals surface area contributed by atoms with Gasteiger partial charge in [-0.2, -0.15) is 0 Å². The molecular weight excluding hydrogens is 396 g/mol. The molecule has 3 rings (SSSR count). The number of piperazine rings is 1. The minimum atomic E-state index is -0.571. The van der Waals surface area contributed by atoms with Crippen molar-refractivity contribution in [3.63, 3.8) is 0 Å². The number of rotatable bonds is 5. The molecule has 1 fully saturated rings. The van der Waals surface area contributed by atoms with E-state index in [1.807, 2.05) is 11.9 Å². The van der Waals surface area contributed by atoms with Gasteiger partial charge < -0.3 is 15.1 Å². The van der Waals surface area contributed by atoms with Crippen LogP contribution >= 0.6 is 11.6 Å². The van der Waals surface area contributed by atoms with E-state index < -0.39 is 10.8 Å². The van der Waals surface area contributed by atoms with E-state index in [4.69, 9.17) is 11.6 Å². The van der Waals surface area contributed by atoms with Crippen molar-refractivity contribution in [3.8, 4) is 0 Å². The van der Waals surface area contributed by atoms with Gasteiger partial charge in [0.15, 0.2) is 0 Å². The predicted molar refractivity (Wildman–Crippen MR) is 109 cm³/mol. The van der Waals surface area contributed by atoms with Crippen LogP contribution in [0.15, 0.2) is 42.5 Å². The molecule has 0 spiro atoms. The van der Waals surface area contributed by atoms with Crippen LogP contribution in [0.2, 0.25) is 5.02 Å². The molecule has 9 heteroatoms. The van der Waals surface area contributed by atoms with Gasteiger partial charge in [0, 0.05) is 50.4 Å². The van der Waals surface area contributed by atoms with Crippen LogP contribution in [-0.2, 0) is 6.54 Å². The third kappa shape index (κ3) is 5.10. The number of nitro benzene ring substituents is 1. The predicted octanol–water partition coefficient (Wildman–Crippen LogP) is 2.57. The van der Waals surface area contributed by atoms with E-state index >= 15 is 0 Å². The lowest BCUT2D eigenvalue weighted by atomic mass is 10.1. The summed E-state index contributed by atoms with van der Waals surface area (Å²) in [4.78, 5) is 39.1. The van der Waals surface area contributed by atoms with Crippen LogP contribution in [0.3, 0.4) is 0 Å². The normalized spacial score (nSPS) is 14.5. The van der Waals surface area contributed by atoms with Crippen molar-refractivity contribution >= 4 is 29.1 Å². The fourth-order valence-electron chi connectivity index (χ4n) is 3.04. The van der Waals surface area contributed by atoms with Crippen molar-refractivity contribution in [2.75, 3.05) is 33.2 Å². The minimum Gasteiger partial charge on any atom is -0.348 e. The number of nitrogens with zero attached hydrogens (tertiary/aromatic N) is 3. The molecule has 0 aromatic heterocycles. The Morgan fingerprint density at radius 3 is 2.34 bits per heavy atom. The van der Waals surface area contributed by atoms with Gasteiger partial charge >= 0.3 is 0 Å². The largest absolute Gasteiger partial charge is 0.348 e. The SMILES string of the molecule is CN1CCN(C(=O)c2ccc(CNC(=O)c3ccc([N+](=O)[O-])cc3Cl)cc2)CC1. The van der Waals surface area contributed by atoms with Gasteiger partial charge in [0.25, 0.3) is 17.5 Å². The van der Waals surface area contributed by atoms with Crippen LogP contribution in [0.4, 0.5) is 5.69 Å². The van der Waals surface area contributed by atoms with Crippen molar-refractivity contribution in [2.24, 2.45) is 0 Å². The molecule has 0 aliphatic carbocycles. The highest BCUT2D eigenvalue weighted by atomic mass is 35.5. The fourth-order valence-corrected chi connectivity index (χ4v) is 3.30. The Kier molecular flexibility index (Phi) is 6.46. The lowest BCUT2D eigenvalue weighted by Gasteiger charge is -2.32. The number of nitro groups is 1. The second-order valence-corrected chi connectivity index (χ2v) is 7.30. The molecule has 8 nitrogen and oxygen atoms in total. The molecule has 0 bridgehead atoms. The molecule has 2 amide bonds. The molecule has 0 saturated carbocycles. The molecule has 152 valence electrons. The lowest BCUT2D eigenvalue weighted by Crippen LogP contribution is -2.47. The number of halogens is 1. The minimum absolute atomic E-state index is 0.00588. The first kappa shape index (κ1) is 20.8. The number of carbonyl (C=O) groups excluding carboxylic acids is 2. The number of non-ortho nitro benzene ring substituents is 1. The van der Waals surface area contributed by atoms with Crippen LogP contribution in [0, 0.1) is 10.1 Å². The first-order valence-corrected chi connectivity index (χ1v) is 9.52. The number of likely N-dealkylation sites (N-methyl/N-ethyl adjacent to an activating group) is 1. The summed E-state index contributed by atoms with van der Waals surface area (Å²) in [6.45, 7) is 3.39. The van der Waals surface area contributed by atoms with Gasteiger partial charge in [0.1, 0.15) is 0 Å². The number of hydrogen-bond donors (Lipinski definition) is 1. The van der Waals surface area contributed by atoms with Crippen LogP contribution < -0.4 is 5.32 Å². The summed E-state index contributed by atoms with van der Waals surface area (Å²) in [6, 6.07) is 10.8. The standard InChI is InChI=1S/C20H21ClN4O4/c1-23-8-10-24(11-9-23)20(27)15-4-2-14(3-5-15)13-22-19(26)17-7-6-16(25(28)29)12-18(17)21/h2-7,12H,8-11,13H2,1H3,(H,22,26). The van der Waals surface area contributed by atoms with Crippen LogP contribution in [0.25, 0.3) is 0 Å². The second-order valence-electron chi connectivity index (χ2n) is 6.90. The highest BCUT2D eigenvalue weighted by Crippen LogP contribution is 2.22. The van der Waals surface area contributed by atoms with Crippen molar-refractivity contribution in [3.05, 3.63) is 74.3 Å². The van der Waals surface area contributed by atoms with Crippen molar-refractivity contribution in [1.82, 2.24) is 15.1 Å². The topological polar surface area (TPSA) is 95.8 Å². The summed E-state index contributed by atoms with van der Waals surface area (Å²) in [6.07, 6.45) is 0. The summed E-state index contributed by atoms with van der Waals surface area (Å²) < 4.78 is 0. The summed E-state index contributed by atoms with van der Waals surface area (Å²) in [5.74, 6) is -0.422. The second kappa shape index (κ2) is 9.02. The Hall–Kier alpha value is -2.97. The molecule has 1 aliphatic heterocycles. The summed E-state index contributed by atoms with van der Waals surface area (Å²) in [7, 11) is 2.04. The molecule has 1 heterocycles. The van der Waals surface area contributed by atoms with Gasteiger partial charge in [-0.15, -0.1) is 0 Å². The molecular formula is C20H21ClN4O4. The van der Waals surface area contributed by atoms with E-state index in [0.717, 1.165) is 24.7 Å². The van der Waals surface area contributed by atoms with E-state index in [9.17, 15) is 19.7 Å². The third-order valence-electron chi connectivity index (χ3n) is 4.85. The van der Waals surface area contributed by atoms with Crippen LogP contribution in [-0.4, -0.2) is 59.8 Å². The van der Waals surface area contributed by atoms with E-state index in [0.29, 0.717) is 18.7 Å². The molecule has 0 unspecified atom stereocenters. The molecule has 0 atom stereocenters. The molecule has 0 radical (unpaired) electrons. The van der Waals surface area contributed by atoms with Crippen molar-refractivity contribution in [2.45, 2.75) is 6.54 Å². The highest BCUT2D eigenvalue weighted by Gasteiger charge is 2.20. The number of benzene rings is 2. The molecule has 2 aromatic carbocycles. The maximum Gasteiger partial charge on any atom is 0.270 e. The molecule has 1 saturated heterocycles. The molecule has 1 aliphatic rings.